The number of halogens is 2. The maximum absolute atomic E-state index is 15.1. The summed E-state index contributed by atoms with van der Waals surface area (Å²) in [6.07, 6.45) is 0. The third kappa shape index (κ3) is 5.59. The lowest BCUT2D eigenvalue weighted by atomic mass is 10.1. The van der Waals surface area contributed by atoms with Gasteiger partial charge in [0.25, 0.3) is 5.69 Å². The Morgan fingerprint density at radius 1 is 0.950 bits per heavy atom. The van der Waals surface area contributed by atoms with Crippen molar-refractivity contribution in [1.29, 1.82) is 0 Å². The molecule has 1 heterocycles. The summed E-state index contributed by atoms with van der Waals surface area (Å²) in [5.41, 5.74) is 1.67. The van der Waals surface area contributed by atoms with Gasteiger partial charge in [-0.25, -0.2) is 8.78 Å². The van der Waals surface area contributed by atoms with E-state index < -0.39 is 27.7 Å². The minimum atomic E-state index is -0.961. The molecule has 0 bridgehead atoms. The fraction of sp³-hybridized carbons (Fsp3) is 0.0690. The smallest absolute Gasteiger partial charge is 0.293 e. The van der Waals surface area contributed by atoms with Gasteiger partial charge < -0.3 is 5.32 Å². The molecule has 1 amide bonds. The zero-order valence-electron chi connectivity index (χ0n) is 21.0. The predicted octanol–water partition coefficient (Wildman–Crippen LogP) is 6.90. The fourth-order valence-corrected chi connectivity index (χ4v) is 5.15. The molecule has 0 fully saturated rings. The first-order chi connectivity index (χ1) is 19.3. The highest BCUT2D eigenvalue weighted by Gasteiger charge is 2.29. The number of hydrogen-bond acceptors (Lipinski definition) is 6. The minimum absolute atomic E-state index is 0.00542. The molecule has 0 aliphatic rings. The number of aryl methyl sites for hydroxylation is 1. The summed E-state index contributed by atoms with van der Waals surface area (Å²) in [6, 6.07) is 25.4. The second kappa shape index (κ2) is 11.5. The lowest BCUT2D eigenvalue weighted by Crippen LogP contribution is -2.20. The lowest BCUT2D eigenvalue weighted by Gasteiger charge is -2.18. The van der Waals surface area contributed by atoms with Crippen LogP contribution in [-0.2, 0) is 4.79 Å². The Kier molecular flexibility index (Phi) is 7.65. The van der Waals surface area contributed by atoms with Gasteiger partial charge in [-0.2, -0.15) is 0 Å². The molecule has 1 unspecified atom stereocenters. The molecule has 40 heavy (non-hydrogen) atoms. The van der Waals surface area contributed by atoms with E-state index in [0.717, 1.165) is 23.9 Å². The van der Waals surface area contributed by atoms with Crippen LogP contribution in [0.4, 0.5) is 20.2 Å². The number of hydrogen-bond donors (Lipinski definition) is 1. The molecule has 1 aromatic heterocycles. The number of carbonyl (C=O) groups is 1. The average Bonchev–Trinajstić information content (AvgIpc) is 3.36. The van der Waals surface area contributed by atoms with Gasteiger partial charge in [0.15, 0.2) is 11.0 Å². The first-order valence-electron chi connectivity index (χ1n) is 12.1. The van der Waals surface area contributed by atoms with Crippen LogP contribution in [0.25, 0.3) is 17.1 Å². The Morgan fingerprint density at radius 2 is 1.65 bits per heavy atom. The van der Waals surface area contributed by atoms with E-state index in [9.17, 15) is 19.3 Å². The van der Waals surface area contributed by atoms with Gasteiger partial charge in [0.05, 0.1) is 10.6 Å². The van der Waals surface area contributed by atoms with Gasteiger partial charge in [0.1, 0.15) is 22.6 Å². The van der Waals surface area contributed by atoms with Crippen LogP contribution in [0.5, 0.6) is 0 Å². The van der Waals surface area contributed by atoms with E-state index in [0.29, 0.717) is 16.7 Å². The molecule has 5 aromatic rings. The lowest BCUT2D eigenvalue weighted by molar-refractivity contribution is -0.384. The molecule has 0 aliphatic carbocycles. The quantitative estimate of drug-likeness (QED) is 0.126. The van der Waals surface area contributed by atoms with E-state index in [1.807, 2.05) is 6.07 Å². The van der Waals surface area contributed by atoms with Gasteiger partial charge in [-0.3, -0.25) is 19.5 Å². The van der Waals surface area contributed by atoms with Crippen molar-refractivity contribution < 1.29 is 18.5 Å². The number of nitrogens with zero attached hydrogens (tertiary/aromatic N) is 4. The minimum Gasteiger partial charge on any atom is -0.319 e. The van der Waals surface area contributed by atoms with Gasteiger partial charge in [0.2, 0.25) is 5.91 Å². The summed E-state index contributed by atoms with van der Waals surface area (Å²) in [5, 5.41) is 22.1. The fourth-order valence-electron chi connectivity index (χ4n) is 4.10. The van der Waals surface area contributed by atoms with Crippen LogP contribution in [-0.4, -0.2) is 25.6 Å². The van der Waals surface area contributed by atoms with Gasteiger partial charge in [-0.1, -0.05) is 78.5 Å². The van der Waals surface area contributed by atoms with Gasteiger partial charge in [-0.15, -0.1) is 10.2 Å². The second-order valence-corrected chi connectivity index (χ2v) is 9.85. The maximum atomic E-state index is 15.1. The number of nitro groups is 1. The number of amides is 1. The Balaban J connectivity index is 1.60. The van der Waals surface area contributed by atoms with Crippen LogP contribution in [0.2, 0.25) is 0 Å². The average molecular weight is 558 g/mol. The number of anilines is 1. The van der Waals surface area contributed by atoms with E-state index in [-0.39, 0.29) is 28.0 Å². The molecular formula is C29H21F2N5O3S. The molecule has 0 saturated heterocycles. The SMILES string of the molecule is Cc1ccc(NC(=O)C(Sc2nnc(-c3ccccc3)n2-c2ccc(F)cc2F)c2ccccc2)c([N+](=O)[O-])c1. The highest BCUT2D eigenvalue weighted by atomic mass is 32.2. The highest BCUT2D eigenvalue weighted by Crippen LogP contribution is 2.39. The number of rotatable bonds is 8. The van der Waals surface area contributed by atoms with Crippen LogP contribution in [0.1, 0.15) is 16.4 Å². The van der Waals surface area contributed by atoms with Crippen LogP contribution >= 0.6 is 11.8 Å². The summed E-state index contributed by atoms with van der Waals surface area (Å²) in [6.45, 7) is 1.72. The molecule has 4 aromatic carbocycles. The molecule has 11 heteroatoms. The molecule has 1 atom stereocenters. The predicted molar refractivity (Wildman–Crippen MR) is 148 cm³/mol. The maximum Gasteiger partial charge on any atom is 0.293 e. The number of aromatic nitrogens is 3. The summed E-state index contributed by atoms with van der Waals surface area (Å²) in [5.74, 6) is -1.85. The first kappa shape index (κ1) is 26.7. The van der Waals surface area contributed by atoms with Crippen molar-refractivity contribution in [3.63, 3.8) is 0 Å². The highest BCUT2D eigenvalue weighted by molar-refractivity contribution is 8.00. The number of carbonyl (C=O) groups excluding carboxylic acids is 1. The number of nitrogens with one attached hydrogen (secondary N) is 1. The third-order valence-electron chi connectivity index (χ3n) is 5.99. The Labute approximate surface area is 231 Å². The van der Waals surface area contributed by atoms with Crippen molar-refractivity contribution in [3.05, 3.63) is 130 Å². The number of nitro benzene ring substituents is 1. The zero-order valence-corrected chi connectivity index (χ0v) is 21.8. The molecule has 1 N–H and O–H groups in total. The van der Waals surface area contributed by atoms with Crippen molar-refractivity contribution in [2.75, 3.05) is 5.32 Å². The largest absolute Gasteiger partial charge is 0.319 e. The number of benzene rings is 4. The van der Waals surface area contributed by atoms with Crippen molar-refractivity contribution >= 4 is 29.0 Å². The molecule has 0 saturated carbocycles. The van der Waals surface area contributed by atoms with Gasteiger partial charge in [0, 0.05) is 17.7 Å². The normalized spacial score (nSPS) is 11.7. The van der Waals surface area contributed by atoms with E-state index in [4.69, 9.17) is 0 Å². The van der Waals surface area contributed by atoms with Crippen molar-refractivity contribution in [2.24, 2.45) is 0 Å². The monoisotopic (exact) mass is 557 g/mol. The van der Waals surface area contributed by atoms with Crippen LogP contribution < -0.4 is 5.32 Å². The molecule has 0 spiro atoms. The third-order valence-corrected chi connectivity index (χ3v) is 7.18. The Bertz CT molecular complexity index is 1700. The Hall–Kier alpha value is -4.90. The molecule has 0 aliphatic heterocycles. The molecule has 200 valence electrons. The van der Waals surface area contributed by atoms with Gasteiger partial charge in [-0.05, 0) is 36.2 Å². The van der Waals surface area contributed by atoms with Crippen molar-refractivity contribution in [3.8, 4) is 17.1 Å². The van der Waals surface area contributed by atoms with Gasteiger partial charge >= 0.3 is 0 Å². The van der Waals surface area contributed by atoms with E-state index in [2.05, 4.69) is 15.5 Å². The first-order valence-corrected chi connectivity index (χ1v) is 12.9. The van der Waals surface area contributed by atoms with Crippen LogP contribution in [0.15, 0.2) is 102 Å². The Morgan fingerprint density at radius 3 is 2.33 bits per heavy atom. The molecule has 5 rings (SSSR count). The topological polar surface area (TPSA) is 103 Å². The van der Waals surface area contributed by atoms with E-state index in [1.165, 1.54) is 22.8 Å². The van der Waals surface area contributed by atoms with Crippen molar-refractivity contribution in [2.45, 2.75) is 17.3 Å². The summed E-state index contributed by atoms with van der Waals surface area (Å²) in [7, 11) is 0. The summed E-state index contributed by atoms with van der Waals surface area (Å²) in [4.78, 5) is 24.8. The summed E-state index contributed by atoms with van der Waals surface area (Å²) >= 11 is 0.983. The van der Waals surface area contributed by atoms with Crippen molar-refractivity contribution in [1.82, 2.24) is 14.8 Å². The standard InChI is InChI=1S/C29H21F2N5O3S/c1-18-12-14-23(25(16-18)36(38)39)32-28(37)26(19-8-4-2-5-9-19)40-29-34-33-27(20-10-6-3-7-11-20)35(29)24-15-13-21(30)17-22(24)31/h2-17,26H,1H3,(H,32,37). The molecule has 8 nitrogen and oxygen atoms in total. The second-order valence-electron chi connectivity index (χ2n) is 8.78. The summed E-state index contributed by atoms with van der Waals surface area (Å²) < 4.78 is 30.3. The van der Waals surface area contributed by atoms with E-state index in [1.54, 1.807) is 67.6 Å². The van der Waals surface area contributed by atoms with Crippen LogP contribution in [0.3, 0.4) is 0 Å². The molecular weight excluding hydrogens is 536 g/mol. The van der Waals surface area contributed by atoms with Crippen LogP contribution in [0, 0.1) is 28.7 Å². The molecule has 0 radical (unpaired) electrons. The van der Waals surface area contributed by atoms with E-state index >= 15 is 4.39 Å². The number of thioether (sulfide) groups is 1. The zero-order chi connectivity index (χ0) is 28.2.